The molecule has 0 spiro atoms. The second-order valence-electron chi connectivity index (χ2n) is 6.17. The highest BCUT2D eigenvalue weighted by Gasteiger charge is 2.23. The average molecular weight is 276 g/mol. The fraction of sp³-hybridized carbons (Fsp3) is 0.750. The van der Waals surface area contributed by atoms with Gasteiger partial charge in [-0.15, -0.1) is 0 Å². The van der Waals surface area contributed by atoms with E-state index in [1.165, 1.54) is 18.4 Å². The van der Waals surface area contributed by atoms with Crippen molar-refractivity contribution in [1.29, 1.82) is 0 Å². The van der Waals surface area contributed by atoms with E-state index in [9.17, 15) is 0 Å². The van der Waals surface area contributed by atoms with Crippen molar-refractivity contribution in [3.8, 4) is 0 Å². The summed E-state index contributed by atoms with van der Waals surface area (Å²) in [7, 11) is 0. The lowest BCUT2D eigenvalue weighted by Gasteiger charge is -2.35. The summed E-state index contributed by atoms with van der Waals surface area (Å²) in [6.07, 6.45) is 5.35. The Morgan fingerprint density at radius 1 is 1.30 bits per heavy atom. The fourth-order valence-electron chi connectivity index (χ4n) is 2.96. The zero-order chi connectivity index (χ0) is 14.5. The van der Waals surface area contributed by atoms with Crippen molar-refractivity contribution in [2.45, 2.75) is 47.0 Å². The van der Waals surface area contributed by atoms with Gasteiger partial charge in [-0.3, -0.25) is 0 Å². The molecule has 112 valence electrons. The Labute approximate surface area is 123 Å². The van der Waals surface area contributed by atoms with E-state index >= 15 is 0 Å². The number of piperidine rings is 1. The Morgan fingerprint density at radius 3 is 2.60 bits per heavy atom. The molecule has 0 aromatic carbocycles. The van der Waals surface area contributed by atoms with Crippen molar-refractivity contribution < 1.29 is 0 Å². The standard InChI is InChI=1S/C16H28N4/c1-5-8-17-15-13(4)16(19-11-18-15)20-9-6-14(7-10-20)12(2)3/h11-12,14H,5-10H2,1-4H3,(H,17,18,19). The van der Waals surface area contributed by atoms with Gasteiger partial charge in [-0.2, -0.15) is 0 Å². The van der Waals surface area contributed by atoms with E-state index < -0.39 is 0 Å². The van der Waals surface area contributed by atoms with Crippen LogP contribution in [0, 0.1) is 18.8 Å². The Morgan fingerprint density at radius 2 is 2.00 bits per heavy atom. The number of rotatable bonds is 5. The normalized spacial score (nSPS) is 16.8. The van der Waals surface area contributed by atoms with Crippen LogP contribution in [0.2, 0.25) is 0 Å². The van der Waals surface area contributed by atoms with Crippen molar-refractivity contribution in [3.05, 3.63) is 11.9 Å². The van der Waals surface area contributed by atoms with Gasteiger partial charge in [0.15, 0.2) is 0 Å². The molecule has 1 aromatic heterocycles. The summed E-state index contributed by atoms with van der Waals surface area (Å²) in [4.78, 5) is 11.3. The summed E-state index contributed by atoms with van der Waals surface area (Å²) >= 11 is 0. The van der Waals surface area contributed by atoms with Crippen molar-refractivity contribution in [3.63, 3.8) is 0 Å². The van der Waals surface area contributed by atoms with E-state index in [1.54, 1.807) is 6.33 Å². The molecule has 4 heteroatoms. The van der Waals surface area contributed by atoms with Crippen LogP contribution >= 0.6 is 0 Å². The molecule has 0 radical (unpaired) electrons. The number of hydrogen-bond acceptors (Lipinski definition) is 4. The van der Waals surface area contributed by atoms with E-state index in [2.05, 4.69) is 47.9 Å². The number of nitrogens with zero attached hydrogens (tertiary/aromatic N) is 3. The van der Waals surface area contributed by atoms with Crippen LogP contribution < -0.4 is 10.2 Å². The second kappa shape index (κ2) is 6.91. The Kier molecular flexibility index (Phi) is 5.21. The highest BCUT2D eigenvalue weighted by Crippen LogP contribution is 2.29. The third-order valence-electron chi connectivity index (χ3n) is 4.38. The third-order valence-corrected chi connectivity index (χ3v) is 4.38. The quantitative estimate of drug-likeness (QED) is 0.894. The molecule has 1 aliphatic rings. The van der Waals surface area contributed by atoms with E-state index in [4.69, 9.17) is 0 Å². The molecular weight excluding hydrogens is 248 g/mol. The number of anilines is 2. The van der Waals surface area contributed by atoms with Gasteiger partial charge in [-0.05, 0) is 38.0 Å². The molecule has 0 saturated carbocycles. The van der Waals surface area contributed by atoms with Gasteiger partial charge in [0.2, 0.25) is 0 Å². The van der Waals surface area contributed by atoms with Gasteiger partial charge in [0, 0.05) is 25.2 Å². The molecule has 0 unspecified atom stereocenters. The van der Waals surface area contributed by atoms with Crippen molar-refractivity contribution in [2.75, 3.05) is 29.9 Å². The Balaban J connectivity index is 2.06. The molecule has 20 heavy (non-hydrogen) atoms. The second-order valence-corrected chi connectivity index (χ2v) is 6.17. The smallest absolute Gasteiger partial charge is 0.137 e. The average Bonchev–Trinajstić information content (AvgIpc) is 2.46. The fourth-order valence-corrected chi connectivity index (χ4v) is 2.96. The van der Waals surface area contributed by atoms with Crippen LogP contribution in [0.4, 0.5) is 11.6 Å². The zero-order valence-corrected chi connectivity index (χ0v) is 13.3. The lowest BCUT2D eigenvalue weighted by molar-refractivity contribution is 0.310. The monoisotopic (exact) mass is 276 g/mol. The summed E-state index contributed by atoms with van der Waals surface area (Å²) in [5.41, 5.74) is 1.18. The van der Waals surface area contributed by atoms with E-state index in [0.717, 1.165) is 49.5 Å². The highest BCUT2D eigenvalue weighted by molar-refractivity contribution is 5.58. The molecular formula is C16H28N4. The number of aromatic nitrogens is 2. The summed E-state index contributed by atoms with van der Waals surface area (Å²) in [5, 5.41) is 3.39. The maximum atomic E-state index is 4.52. The van der Waals surface area contributed by atoms with Crippen LogP contribution in [0.15, 0.2) is 6.33 Å². The Bertz CT molecular complexity index is 422. The van der Waals surface area contributed by atoms with E-state index in [-0.39, 0.29) is 0 Å². The lowest BCUT2D eigenvalue weighted by atomic mass is 9.86. The minimum Gasteiger partial charge on any atom is -0.370 e. The van der Waals surface area contributed by atoms with Crippen LogP contribution in [0.25, 0.3) is 0 Å². The largest absolute Gasteiger partial charge is 0.370 e. The van der Waals surface area contributed by atoms with Crippen molar-refractivity contribution in [1.82, 2.24) is 9.97 Å². The van der Waals surface area contributed by atoms with Gasteiger partial charge >= 0.3 is 0 Å². The van der Waals surface area contributed by atoms with E-state index in [1.807, 2.05) is 0 Å². The molecule has 0 atom stereocenters. The first-order chi connectivity index (χ1) is 9.63. The number of nitrogens with one attached hydrogen (secondary N) is 1. The first-order valence-corrected chi connectivity index (χ1v) is 7.93. The minimum atomic E-state index is 0.797. The summed E-state index contributed by atoms with van der Waals surface area (Å²) in [6, 6.07) is 0. The molecule has 0 aliphatic carbocycles. The van der Waals surface area contributed by atoms with Gasteiger partial charge in [0.1, 0.15) is 18.0 Å². The molecule has 2 rings (SSSR count). The molecule has 1 N–H and O–H groups in total. The first kappa shape index (κ1) is 15.1. The SMILES string of the molecule is CCCNc1ncnc(N2CCC(C(C)C)CC2)c1C. The van der Waals surface area contributed by atoms with Crippen LogP contribution in [-0.4, -0.2) is 29.6 Å². The molecule has 4 nitrogen and oxygen atoms in total. The van der Waals surface area contributed by atoms with Gasteiger partial charge in [-0.1, -0.05) is 20.8 Å². The molecule has 1 saturated heterocycles. The summed E-state index contributed by atoms with van der Waals surface area (Å²) in [6.45, 7) is 12.2. The topological polar surface area (TPSA) is 41.1 Å². The van der Waals surface area contributed by atoms with Gasteiger partial charge in [0.25, 0.3) is 0 Å². The lowest BCUT2D eigenvalue weighted by Crippen LogP contribution is -2.36. The van der Waals surface area contributed by atoms with Gasteiger partial charge in [0.05, 0.1) is 0 Å². The van der Waals surface area contributed by atoms with Crippen LogP contribution in [0.3, 0.4) is 0 Å². The van der Waals surface area contributed by atoms with Crippen LogP contribution in [-0.2, 0) is 0 Å². The van der Waals surface area contributed by atoms with Crippen LogP contribution in [0.1, 0.15) is 45.6 Å². The maximum absolute atomic E-state index is 4.52. The number of hydrogen-bond donors (Lipinski definition) is 1. The third kappa shape index (κ3) is 3.41. The molecule has 0 amide bonds. The van der Waals surface area contributed by atoms with E-state index in [0.29, 0.717) is 0 Å². The predicted molar refractivity (Wildman–Crippen MR) is 85.3 cm³/mol. The molecule has 0 bridgehead atoms. The van der Waals surface area contributed by atoms with Gasteiger partial charge in [-0.25, -0.2) is 9.97 Å². The van der Waals surface area contributed by atoms with Crippen molar-refractivity contribution in [2.24, 2.45) is 11.8 Å². The molecule has 2 heterocycles. The first-order valence-electron chi connectivity index (χ1n) is 7.93. The minimum absolute atomic E-state index is 0.797. The van der Waals surface area contributed by atoms with Crippen LogP contribution in [0.5, 0.6) is 0 Å². The van der Waals surface area contributed by atoms with Crippen molar-refractivity contribution >= 4 is 11.6 Å². The summed E-state index contributed by atoms with van der Waals surface area (Å²) < 4.78 is 0. The van der Waals surface area contributed by atoms with Gasteiger partial charge < -0.3 is 10.2 Å². The molecule has 1 fully saturated rings. The zero-order valence-electron chi connectivity index (χ0n) is 13.3. The summed E-state index contributed by atoms with van der Waals surface area (Å²) in [5.74, 6) is 3.76. The Hall–Kier alpha value is -1.32. The maximum Gasteiger partial charge on any atom is 0.137 e. The molecule has 1 aromatic rings. The molecule has 1 aliphatic heterocycles. The highest BCUT2D eigenvalue weighted by atomic mass is 15.2. The predicted octanol–water partition coefficient (Wildman–Crippen LogP) is 3.48.